The fraction of sp³-hybridized carbons (Fsp3) is 0.118. The number of para-hydroxylation sites is 2. The molecule has 0 radical (unpaired) electrons. The first-order chi connectivity index (χ1) is 18.8. The molecule has 0 N–H and O–H groups in total. The molecule has 6 rings (SSSR count). The highest BCUT2D eigenvalue weighted by molar-refractivity contribution is 5.79. The zero-order chi connectivity index (χ0) is 25.7. The third-order valence-corrected chi connectivity index (χ3v) is 6.72. The van der Waals surface area contributed by atoms with Crippen molar-refractivity contribution < 1.29 is 18.9 Å². The van der Waals surface area contributed by atoms with Gasteiger partial charge < -0.3 is 18.9 Å². The summed E-state index contributed by atoms with van der Waals surface area (Å²) in [5.74, 6) is 2.97. The summed E-state index contributed by atoms with van der Waals surface area (Å²) in [5, 5.41) is 0. The van der Waals surface area contributed by atoms with Crippen molar-refractivity contribution in [1.29, 1.82) is 0 Å². The van der Waals surface area contributed by atoms with Crippen molar-refractivity contribution in [2.24, 2.45) is 0 Å². The lowest BCUT2D eigenvalue weighted by molar-refractivity contribution is 0.232. The van der Waals surface area contributed by atoms with E-state index in [4.69, 9.17) is 18.9 Å². The SMILES string of the molecule is COc1ccccc1C1Oc2ccccc2-c2cc(OCc3ccccc3)c(OCc3ccccc3)cc21. The van der Waals surface area contributed by atoms with Gasteiger partial charge in [-0.1, -0.05) is 97.1 Å². The number of fused-ring (bicyclic) bond motifs is 3. The summed E-state index contributed by atoms with van der Waals surface area (Å²) in [6.45, 7) is 0.869. The molecule has 5 aromatic rings. The molecule has 0 spiro atoms. The van der Waals surface area contributed by atoms with Crippen molar-refractivity contribution >= 4 is 0 Å². The predicted octanol–water partition coefficient (Wildman–Crippen LogP) is 8.00. The van der Waals surface area contributed by atoms with Crippen LogP contribution in [0, 0.1) is 0 Å². The molecule has 0 saturated carbocycles. The maximum atomic E-state index is 6.60. The van der Waals surface area contributed by atoms with Crippen LogP contribution < -0.4 is 18.9 Å². The molecule has 1 aliphatic rings. The molecule has 0 saturated heterocycles. The monoisotopic (exact) mass is 500 g/mol. The zero-order valence-corrected chi connectivity index (χ0v) is 21.2. The molecule has 5 aromatic carbocycles. The van der Waals surface area contributed by atoms with E-state index < -0.39 is 0 Å². The highest BCUT2D eigenvalue weighted by Crippen LogP contribution is 2.49. The number of benzene rings is 5. The van der Waals surface area contributed by atoms with Gasteiger partial charge in [0.05, 0.1) is 7.11 Å². The first-order valence-corrected chi connectivity index (χ1v) is 12.7. The van der Waals surface area contributed by atoms with Gasteiger partial charge in [-0.2, -0.15) is 0 Å². The van der Waals surface area contributed by atoms with Crippen molar-refractivity contribution in [3.05, 3.63) is 144 Å². The summed E-state index contributed by atoms with van der Waals surface area (Å²) in [6.07, 6.45) is -0.363. The lowest BCUT2D eigenvalue weighted by Gasteiger charge is -2.31. The predicted molar refractivity (Wildman–Crippen MR) is 149 cm³/mol. The average molecular weight is 501 g/mol. The number of hydrogen-bond acceptors (Lipinski definition) is 4. The van der Waals surface area contributed by atoms with E-state index in [2.05, 4.69) is 42.5 Å². The van der Waals surface area contributed by atoms with Gasteiger partial charge in [0.15, 0.2) is 17.6 Å². The minimum Gasteiger partial charge on any atom is -0.496 e. The molecule has 0 aliphatic carbocycles. The molecular formula is C34H28O4. The summed E-state index contributed by atoms with van der Waals surface area (Å²) in [5.41, 5.74) is 6.21. The summed E-state index contributed by atoms with van der Waals surface area (Å²) >= 11 is 0. The second kappa shape index (κ2) is 10.7. The van der Waals surface area contributed by atoms with Crippen LogP contribution in [0.2, 0.25) is 0 Å². The van der Waals surface area contributed by atoms with Crippen LogP contribution in [-0.4, -0.2) is 7.11 Å². The van der Waals surface area contributed by atoms with Gasteiger partial charge in [-0.05, 0) is 41.0 Å². The zero-order valence-electron chi connectivity index (χ0n) is 21.2. The van der Waals surface area contributed by atoms with Gasteiger partial charge in [0.25, 0.3) is 0 Å². The smallest absolute Gasteiger partial charge is 0.162 e. The first-order valence-electron chi connectivity index (χ1n) is 12.7. The number of methoxy groups -OCH3 is 1. The van der Waals surface area contributed by atoms with E-state index in [-0.39, 0.29) is 6.10 Å². The largest absolute Gasteiger partial charge is 0.496 e. The second-order valence-electron chi connectivity index (χ2n) is 9.17. The normalized spacial score (nSPS) is 13.6. The van der Waals surface area contributed by atoms with Gasteiger partial charge in [-0.15, -0.1) is 0 Å². The molecule has 0 bridgehead atoms. The lowest BCUT2D eigenvalue weighted by Crippen LogP contribution is -2.17. The quantitative estimate of drug-likeness (QED) is 0.216. The Bertz CT molecular complexity index is 1530. The van der Waals surface area contributed by atoms with E-state index in [1.165, 1.54) is 0 Å². The van der Waals surface area contributed by atoms with Gasteiger partial charge in [0, 0.05) is 16.7 Å². The van der Waals surface area contributed by atoms with Crippen LogP contribution in [0.15, 0.2) is 121 Å². The summed E-state index contributed by atoms with van der Waals surface area (Å²) < 4.78 is 25.1. The maximum Gasteiger partial charge on any atom is 0.162 e. The fourth-order valence-corrected chi connectivity index (χ4v) is 4.82. The van der Waals surface area contributed by atoms with Gasteiger partial charge in [0.2, 0.25) is 0 Å². The van der Waals surface area contributed by atoms with Crippen LogP contribution in [0.3, 0.4) is 0 Å². The second-order valence-corrected chi connectivity index (χ2v) is 9.17. The van der Waals surface area contributed by atoms with Gasteiger partial charge in [0.1, 0.15) is 24.7 Å². The minimum absolute atomic E-state index is 0.363. The van der Waals surface area contributed by atoms with Gasteiger partial charge in [-0.25, -0.2) is 0 Å². The summed E-state index contributed by atoms with van der Waals surface area (Å²) in [6, 6.07) is 40.5. The summed E-state index contributed by atoms with van der Waals surface area (Å²) in [4.78, 5) is 0. The highest BCUT2D eigenvalue weighted by Gasteiger charge is 2.31. The van der Waals surface area contributed by atoms with Gasteiger partial charge >= 0.3 is 0 Å². The van der Waals surface area contributed by atoms with Crippen molar-refractivity contribution in [2.75, 3.05) is 7.11 Å². The van der Waals surface area contributed by atoms with E-state index in [1.807, 2.05) is 78.9 Å². The number of hydrogen-bond donors (Lipinski definition) is 0. The van der Waals surface area contributed by atoms with Crippen LogP contribution in [0.1, 0.15) is 28.4 Å². The first kappa shape index (κ1) is 23.7. The maximum absolute atomic E-state index is 6.60. The number of ether oxygens (including phenoxy) is 4. The van der Waals surface area contributed by atoms with Crippen molar-refractivity contribution in [3.8, 4) is 34.1 Å². The number of rotatable bonds is 8. The van der Waals surface area contributed by atoms with E-state index >= 15 is 0 Å². The van der Waals surface area contributed by atoms with Crippen LogP contribution in [0.4, 0.5) is 0 Å². The molecule has 0 fully saturated rings. The van der Waals surface area contributed by atoms with Gasteiger partial charge in [-0.3, -0.25) is 0 Å². The molecule has 1 heterocycles. The van der Waals surface area contributed by atoms with Crippen molar-refractivity contribution in [3.63, 3.8) is 0 Å². The molecule has 4 heteroatoms. The van der Waals surface area contributed by atoms with E-state index in [1.54, 1.807) is 7.11 Å². The molecule has 1 unspecified atom stereocenters. The topological polar surface area (TPSA) is 36.9 Å². The van der Waals surface area contributed by atoms with Crippen LogP contribution in [0.25, 0.3) is 11.1 Å². The van der Waals surface area contributed by atoms with Crippen LogP contribution >= 0.6 is 0 Å². The van der Waals surface area contributed by atoms with Crippen molar-refractivity contribution in [1.82, 2.24) is 0 Å². The van der Waals surface area contributed by atoms with E-state index in [9.17, 15) is 0 Å². The Kier molecular flexibility index (Phi) is 6.69. The van der Waals surface area contributed by atoms with E-state index in [0.717, 1.165) is 44.9 Å². The fourth-order valence-electron chi connectivity index (χ4n) is 4.82. The Morgan fingerprint density at radius 2 is 1.13 bits per heavy atom. The molecule has 38 heavy (non-hydrogen) atoms. The third kappa shape index (κ3) is 4.81. The standard InChI is InChI=1S/C34H28O4/c1-35-30-18-10-9-17-27(30)34-29-21-33(37-23-25-14-6-3-7-15-25)32(36-22-24-12-4-2-5-13-24)20-28(29)26-16-8-11-19-31(26)38-34/h2-21,34H,22-23H2,1H3. The third-order valence-electron chi connectivity index (χ3n) is 6.72. The molecular weight excluding hydrogens is 472 g/mol. The van der Waals surface area contributed by atoms with Crippen LogP contribution in [0.5, 0.6) is 23.0 Å². The molecule has 1 aliphatic heterocycles. The van der Waals surface area contributed by atoms with Crippen molar-refractivity contribution in [2.45, 2.75) is 19.3 Å². The Balaban J connectivity index is 1.46. The molecule has 188 valence electrons. The lowest BCUT2D eigenvalue weighted by atomic mass is 9.88. The Hall–Kier alpha value is -4.70. The molecule has 1 atom stereocenters. The molecule has 0 amide bonds. The summed E-state index contributed by atoms with van der Waals surface area (Å²) in [7, 11) is 1.69. The molecule has 0 aromatic heterocycles. The van der Waals surface area contributed by atoms with Crippen LogP contribution in [-0.2, 0) is 13.2 Å². The minimum atomic E-state index is -0.363. The highest BCUT2D eigenvalue weighted by atomic mass is 16.5. The Morgan fingerprint density at radius 1 is 0.553 bits per heavy atom. The average Bonchev–Trinajstić information content (AvgIpc) is 2.99. The molecule has 4 nitrogen and oxygen atoms in total. The Morgan fingerprint density at radius 3 is 1.82 bits per heavy atom. The van der Waals surface area contributed by atoms with E-state index in [0.29, 0.717) is 24.7 Å². The Labute approximate surface area is 223 Å².